The lowest BCUT2D eigenvalue weighted by molar-refractivity contribution is 0.0519. The molecule has 1 amide bonds. The van der Waals surface area contributed by atoms with Crippen molar-refractivity contribution >= 4 is 23.8 Å². The third kappa shape index (κ3) is 10.3. The van der Waals surface area contributed by atoms with Gasteiger partial charge in [-0.2, -0.15) is 15.0 Å². The molecule has 6 N–H and O–H groups in total. The summed E-state index contributed by atoms with van der Waals surface area (Å²) >= 11 is 0. The average molecular weight is 447 g/mol. The maximum atomic E-state index is 11.9. The highest BCUT2D eigenvalue weighted by Crippen LogP contribution is 2.10. The lowest BCUT2D eigenvalue weighted by Crippen LogP contribution is -2.27. The van der Waals surface area contributed by atoms with Crippen LogP contribution in [-0.2, 0) is 9.47 Å². The van der Waals surface area contributed by atoms with Crippen LogP contribution in [0.5, 0.6) is 0 Å². The van der Waals surface area contributed by atoms with E-state index >= 15 is 0 Å². The molecule has 0 saturated heterocycles. The summed E-state index contributed by atoms with van der Waals surface area (Å²) in [7, 11) is 0. The number of hydrogen-bond acceptors (Lipinski definition) is 10. The summed E-state index contributed by atoms with van der Waals surface area (Å²) in [5, 5.41) is 12.2. The molecule has 0 atom stereocenters. The lowest BCUT2D eigenvalue weighted by Gasteiger charge is -2.12. The Balaban J connectivity index is 1.57. The Bertz CT molecular complexity index is 792. The summed E-state index contributed by atoms with van der Waals surface area (Å²) in [5.41, 5.74) is 6.16. The molecule has 176 valence electrons. The highest BCUT2D eigenvalue weighted by molar-refractivity contribution is 5.94. The molecule has 32 heavy (non-hydrogen) atoms. The van der Waals surface area contributed by atoms with Gasteiger partial charge in [-0.05, 0) is 26.0 Å². The minimum absolute atomic E-state index is 0.108. The monoisotopic (exact) mass is 446 g/mol. The SMILES string of the molecule is CC(C)Nc1nc(NCCN)nc(NCCOCCOCCNC(=O)c2ccccc2)n1. The van der Waals surface area contributed by atoms with E-state index in [2.05, 4.69) is 36.2 Å². The molecule has 11 heteroatoms. The lowest BCUT2D eigenvalue weighted by atomic mass is 10.2. The molecule has 0 spiro atoms. The van der Waals surface area contributed by atoms with Crippen LogP contribution in [0.4, 0.5) is 17.8 Å². The number of nitrogens with two attached hydrogens (primary N) is 1. The van der Waals surface area contributed by atoms with Gasteiger partial charge in [-0.3, -0.25) is 4.79 Å². The normalized spacial score (nSPS) is 10.8. The summed E-state index contributed by atoms with van der Waals surface area (Å²) in [6, 6.07) is 9.28. The molecule has 1 aromatic heterocycles. The topological polar surface area (TPSA) is 148 Å². The molecule has 0 radical (unpaired) electrons. The van der Waals surface area contributed by atoms with Crippen molar-refractivity contribution in [1.29, 1.82) is 0 Å². The zero-order valence-electron chi connectivity index (χ0n) is 18.8. The number of carbonyl (C=O) groups excluding carboxylic acids is 1. The van der Waals surface area contributed by atoms with Crippen molar-refractivity contribution in [2.45, 2.75) is 19.9 Å². The summed E-state index contributed by atoms with van der Waals surface area (Å²) in [6.45, 7) is 7.86. The van der Waals surface area contributed by atoms with Gasteiger partial charge in [-0.1, -0.05) is 18.2 Å². The van der Waals surface area contributed by atoms with Crippen LogP contribution in [0.3, 0.4) is 0 Å². The van der Waals surface area contributed by atoms with Gasteiger partial charge in [0.1, 0.15) is 0 Å². The van der Waals surface area contributed by atoms with E-state index in [-0.39, 0.29) is 11.9 Å². The molecule has 0 unspecified atom stereocenters. The fraction of sp³-hybridized carbons (Fsp3) is 0.524. The van der Waals surface area contributed by atoms with Gasteiger partial charge in [0.05, 0.1) is 26.4 Å². The minimum atomic E-state index is -0.108. The molecule has 2 rings (SSSR count). The van der Waals surface area contributed by atoms with Crippen molar-refractivity contribution in [2.75, 3.05) is 68.6 Å². The second-order valence-electron chi connectivity index (χ2n) is 7.09. The number of rotatable bonds is 16. The van der Waals surface area contributed by atoms with Gasteiger partial charge in [-0.25, -0.2) is 0 Å². The van der Waals surface area contributed by atoms with E-state index < -0.39 is 0 Å². The van der Waals surface area contributed by atoms with Crippen LogP contribution in [0.15, 0.2) is 30.3 Å². The maximum absolute atomic E-state index is 11.9. The number of nitrogens with zero attached hydrogens (tertiary/aromatic N) is 3. The van der Waals surface area contributed by atoms with Crippen molar-refractivity contribution in [2.24, 2.45) is 5.73 Å². The van der Waals surface area contributed by atoms with Gasteiger partial charge in [0.2, 0.25) is 17.8 Å². The number of nitrogens with one attached hydrogen (secondary N) is 4. The fourth-order valence-electron chi connectivity index (χ4n) is 2.53. The standard InChI is InChI=1S/C21H34N8O3/c1-16(2)26-21-28-19(24-9-8-22)27-20(29-21)25-11-13-32-15-14-31-12-10-23-18(30)17-6-4-3-5-7-17/h3-7,16H,8-15,22H2,1-2H3,(H,23,30)(H3,24,25,26,27,28,29). The number of amides is 1. The summed E-state index contributed by atoms with van der Waals surface area (Å²) < 4.78 is 11.0. The fourth-order valence-corrected chi connectivity index (χ4v) is 2.53. The minimum Gasteiger partial charge on any atom is -0.377 e. The first-order valence-corrected chi connectivity index (χ1v) is 10.8. The van der Waals surface area contributed by atoms with Crippen LogP contribution in [0, 0.1) is 0 Å². The third-order valence-electron chi connectivity index (χ3n) is 3.95. The van der Waals surface area contributed by atoms with Crippen LogP contribution in [0.2, 0.25) is 0 Å². The number of ether oxygens (including phenoxy) is 2. The van der Waals surface area contributed by atoms with Gasteiger partial charge in [0.15, 0.2) is 0 Å². The molecule has 0 fully saturated rings. The molecule has 0 aliphatic rings. The predicted molar refractivity (Wildman–Crippen MR) is 125 cm³/mol. The number of aromatic nitrogens is 3. The molecule has 0 aliphatic heterocycles. The van der Waals surface area contributed by atoms with Crippen LogP contribution in [0.1, 0.15) is 24.2 Å². The van der Waals surface area contributed by atoms with Crippen LogP contribution < -0.4 is 27.0 Å². The Hall–Kier alpha value is -3.02. The Labute approximate surface area is 188 Å². The molecule has 11 nitrogen and oxygen atoms in total. The van der Waals surface area contributed by atoms with E-state index in [4.69, 9.17) is 15.2 Å². The third-order valence-corrected chi connectivity index (χ3v) is 3.95. The van der Waals surface area contributed by atoms with Gasteiger partial charge in [-0.15, -0.1) is 0 Å². The maximum Gasteiger partial charge on any atom is 0.251 e. The Morgan fingerprint density at radius 1 is 0.875 bits per heavy atom. The smallest absolute Gasteiger partial charge is 0.251 e. The average Bonchev–Trinajstić information content (AvgIpc) is 2.78. The predicted octanol–water partition coefficient (Wildman–Crippen LogP) is 0.938. The molecular formula is C21H34N8O3. The number of benzene rings is 1. The van der Waals surface area contributed by atoms with E-state index in [1.165, 1.54) is 0 Å². The molecule has 1 aromatic carbocycles. The van der Waals surface area contributed by atoms with Crippen molar-refractivity contribution in [1.82, 2.24) is 20.3 Å². The number of carbonyl (C=O) groups is 1. The highest BCUT2D eigenvalue weighted by atomic mass is 16.5. The van der Waals surface area contributed by atoms with Crippen molar-refractivity contribution in [3.63, 3.8) is 0 Å². The van der Waals surface area contributed by atoms with Gasteiger partial charge in [0.25, 0.3) is 5.91 Å². The van der Waals surface area contributed by atoms with Crippen LogP contribution in [-0.4, -0.2) is 79.5 Å². The second kappa shape index (κ2) is 14.9. The molecule has 0 bridgehead atoms. The van der Waals surface area contributed by atoms with E-state index in [0.717, 1.165) is 0 Å². The van der Waals surface area contributed by atoms with E-state index in [9.17, 15) is 4.79 Å². The summed E-state index contributed by atoms with van der Waals surface area (Å²) in [4.78, 5) is 24.9. The highest BCUT2D eigenvalue weighted by Gasteiger charge is 2.07. The molecule has 2 aromatic rings. The molecular weight excluding hydrogens is 412 g/mol. The van der Waals surface area contributed by atoms with Crippen molar-refractivity contribution < 1.29 is 14.3 Å². The Morgan fingerprint density at radius 2 is 1.47 bits per heavy atom. The Kier molecular flexibility index (Phi) is 11.7. The first-order valence-electron chi connectivity index (χ1n) is 10.8. The second-order valence-corrected chi connectivity index (χ2v) is 7.09. The number of hydrogen-bond donors (Lipinski definition) is 5. The quantitative estimate of drug-likeness (QED) is 0.236. The van der Waals surface area contributed by atoms with Gasteiger partial charge in [0, 0.05) is 37.8 Å². The van der Waals surface area contributed by atoms with Crippen molar-refractivity contribution in [3.8, 4) is 0 Å². The van der Waals surface area contributed by atoms with E-state index in [1.807, 2.05) is 32.0 Å². The van der Waals surface area contributed by atoms with Crippen LogP contribution >= 0.6 is 0 Å². The van der Waals surface area contributed by atoms with E-state index in [0.29, 0.717) is 76.0 Å². The largest absolute Gasteiger partial charge is 0.377 e. The molecule has 0 aliphatic carbocycles. The number of anilines is 3. The zero-order valence-corrected chi connectivity index (χ0v) is 18.8. The molecule has 0 saturated carbocycles. The summed E-state index contributed by atoms with van der Waals surface area (Å²) in [6.07, 6.45) is 0. The first kappa shape index (κ1) is 25.2. The van der Waals surface area contributed by atoms with Crippen molar-refractivity contribution in [3.05, 3.63) is 35.9 Å². The van der Waals surface area contributed by atoms with E-state index in [1.54, 1.807) is 12.1 Å². The van der Waals surface area contributed by atoms with Gasteiger partial charge >= 0.3 is 0 Å². The van der Waals surface area contributed by atoms with Crippen LogP contribution in [0.25, 0.3) is 0 Å². The molecule has 1 heterocycles. The Morgan fingerprint density at radius 3 is 2.09 bits per heavy atom. The van der Waals surface area contributed by atoms with Gasteiger partial charge < -0.3 is 36.5 Å². The first-order chi connectivity index (χ1) is 15.6. The summed E-state index contributed by atoms with van der Waals surface area (Å²) in [5.74, 6) is 1.30. The zero-order chi connectivity index (χ0) is 23.0.